The topological polar surface area (TPSA) is 74.2 Å². The van der Waals surface area contributed by atoms with Gasteiger partial charge in [0.1, 0.15) is 11.0 Å². The lowest BCUT2D eigenvalue weighted by Crippen LogP contribution is -1.97. The second-order valence-electron chi connectivity index (χ2n) is 3.66. The summed E-state index contributed by atoms with van der Waals surface area (Å²) in [7, 11) is 0. The van der Waals surface area contributed by atoms with E-state index in [-0.39, 0.29) is 6.10 Å². The van der Waals surface area contributed by atoms with Crippen molar-refractivity contribution in [3.05, 3.63) is 17.3 Å². The van der Waals surface area contributed by atoms with Crippen LogP contribution < -0.4 is 5.73 Å². The predicted octanol–water partition coefficient (Wildman–Crippen LogP) is 2.23. The number of hydrogen-bond acceptors (Lipinski definition) is 6. The van der Waals surface area contributed by atoms with E-state index in [1.807, 2.05) is 11.4 Å². The third-order valence-electron chi connectivity index (χ3n) is 2.55. The zero-order valence-electron chi connectivity index (χ0n) is 8.55. The number of nitrogens with zero attached hydrogens (tertiary/aromatic N) is 2. The molecule has 5 nitrogen and oxygen atoms in total. The Bertz CT molecular complexity index is 488. The maximum atomic E-state index is 5.79. The number of hydrogen-bond donors (Lipinski definition) is 1. The quantitative estimate of drug-likeness (QED) is 0.866. The van der Waals surface area contributed by atoms with E-state index < -0.39 is 0 Å². The summed E-state index contributed by atoms with van der Waals surface area (Å²) in [6.07, 6.45) is 1.99. The van der Waals surface area contributed by atoms with Crippen molar-refractivity contribution < 1.29 is 9.26 Å². The Labute approximate surface area is 96.2 Å². The number of anilines is 1. The van der Waals surface area contributed by atoms with Crippen LogP contribution in [-0.4, -0.2) is 16.7 Å². The normalized spacial score (nSPS) is 20.4. The summed E-state index contributed by atoms with van der Waals surface area (Å²) in [6.45, 7) is 0.773. The first-order valence-electron chi connectivity index (χ1n) is 5.13. The Balaban J connectivity index is 1.90. The van der Waals surface area contributed by atoms with Crippen LogP contribution in [0.25, 0.3) is 10.8 Å². The summed E-state index contributed by atoms with van der Waals surface area (Å²) in [6, 6.07) is 1.83. The molecule has 1 saturated heterocycles. The lowest BCUT2D eigenvalue weighted by atomic mass is 10.2. The van der Waals surface area contributed by atoms with Gasteiger partial charge in [0.2, 0.25) is 5.82 Å². The van der Waals surface area contributed by atoms with Crippen LogP contribution in [0.5, 0.6) is 0 Å². The SMILES string of the molecule is Nc1ccsc1-c1nc(C2CCCO2)no1. The molecule has 1 atom stereocenters. The molecule has 1 fully saturated rings. The highest BCUT2D eigenvalue weighted by Crippen LogP contribution is 2.32. The van der Waals surface area contributed by atoms with Crippen molar-refractivity contribution >= 4 is 17.0 Å². The Morgan fingerprint density at radius 1 is 1.50 bits per heavy atom. The minimum absolute atomic E-state index is 0.0151. The third kappa shape index (κ3) is 1.60. The van der Waals surface area contributed by atoms with E-state index in [0.717, 1.165) is 24.3 Å². The maximum absolute atomic E-state index is 5.79. The van der Waals surface area contributed by atoms with E-state index in [0.29, 0.717) is 17.4 Å². The molecule has 0 bridgehead atoms. The molecule has 3 rings (SSSR count). The van der Waals surface area contributed by atoms with Crippen molar-refractivity contribution in [2.75, 3.05) is 12.3 Å². The summed E-state index contributed by atoms with van der Waals surface area (Å²) in [5.74, 6) is 1.11. The molecule has 2 aromatic rings. The summed E-state index contributed by atoms with van der Waals surface area (Å²) < 4.78 is 10.7. The number of aromatic nitrogens is 2. The van der Waals surface area contributed by atoms with Crippen LogP contribution in [0.3, 0.4) is 0 Å². The van der Waals surface area contributed by atoms with E-state index in [1.54, 1.807) is 0 Å². The maximum Gasteiger partial charge on any atom is 0.270 e. The zero-order chi connectivity index (χ0) is 11.0. The number of rotatable bonds is 2. The third-order valence-corrected chi connectivity index (χ3v) is 3.47. The van der Waals surface area contributed by atoms with Crippen LogP contribution >= 0.6 is 11.3 Å². The van der Waals surface area contributed by atoms with Gasteiger partial charge in [-0.2, -0.15) is 4.98 Å². The van der Waals surface area contributed by atoms with Gasteiger partial charge in [-0.15, -0.1) is 11.3 Å². The monoisotopic (exact) mass is 237 g/mol. The average Bonchev–Trinajstić information content (AvgIpc) is 2.96. The summed E-state index contributed by atoms with van der Waals surface area (Å²) in [4.78, 5) is 5.15. The molecule has 16 heavy (non-hydrogen) atoms. The fraction of sp³-hybridized carbons (Fsp3) is 0.400. The number of thiophene rings is 1. The molecular weight excluding hydrogens is 226 g/mol. The molecule has 0 aliphatic carbocycles. The van der Waals surface area contributed by atoms with Gasteiger partial charge in [-0.1, -0.05) is 5.16 Å². The van der Waals surface area contributed by atoms with Crippen molar-refractivity contribution in [3.8, 4) is 10.8 Å². The molecule has 1 aliphatic rings. The smallest absolute Gasteiger partial charge is 0.270 e. The highest BCUT2D eigenvalue weighted by molar-refractivity contribution is 7.14. The van der Waals surface area contributed by atoms with Gasteiger partial charge in [0.15, 0.2) is 0 Å². The molecule has 6 heteroatoms. The number of ether oxygens (including phenoxy) is 1. The van der Waals surface area contributed by atoms with Gasteiger partial charge < -0.3 is 15.0 Å². The average molecular weight is 237 g/mol. The first kappa shape index (κ1) is 9.80. The van der Waals surface area contributed by atoms with Crippen molar-refractivity contribution in [3.63, 3.8) is 0 Å². The molecule has 0 spiro atoms. The first-order valence-corrected chi connectivity index (χ1v) is 6.01. The summed E-state index contributed by atoms with van der Waals surface area (Å²) in [5.41, 5.74) is 6.46. The van der Waals surface area contributed by atoms with Gasteiger partial charge >= 0.3 is 0 Å². The van der Waals surface area contributed by atoms with Gasteiger partial charge in [-0.05, 0) is 24.3 Å². The fourth-order valence-electron chi connectivity index (χ4n) is 1.73. The van der Waals surface area contributed by atoms with Crippen LogP contribution in [0.4, 0.5) is 5.69 Å². The molecule has 0 radical (unpaired) electrons. The van der Waals surface area contributed by atoms with Crippen LogP contribution in [0.15, 0.2) is 16.0 Å². The van der Waals surface area contributed by atoms with Gasteiger partial charge in [-0.3, -0.25) is 0 Å². The van der Waals surface area contributed by atoms with Crippen LogP contribution in [0.1, 0.15) is 24.8 Å². The highest BCUT2D eigenvalue weighted by atomic mass is 32.1. The molecular formula is C10H11N3O2S. The summed E-state index contributed by atoms with van der Waals surface area (Å²) >= 11 is 1.50. The van der Waals surface area contributed by atoms with E-state index in [4.69, 9.17) is 15.0 Å². The number of nitrogens with two attached hydrogens (primary N) is 1. The Kier molecular flexibility index (Phi) is 2.37. The predicted molar refractivity (Wildman–Crippen MR) is 60.0 cm³/mol. The molecule has 0 aromatic carbocycles. The van der Waals surface area contributed by atoms with E-state index in [1.165, 1.54) is 11.3 Å². The lowest BCUT2D eigenvalue weighted by Gasteiger charge is -2.00. The van der Waals surface area contributed by atoms with Crippen molar-refractivity contribution in [1.82, 2.24) is 10.1 Å². The molecule has 3 heterocycles. The Morgan fingerprint density at radius 3 is 3.12 bits per heavy atom. The summed E-state index contributed by atoms with van der Waals surface area (Å²) in [5, 5.41) is 5.84. The van der Waals surface area contributed by atoms with E-state index >= 15 is 0 Å². The van der Waals surface area contributed by atoms with E-state index in [9.17, 15) is 0 Å². The number of nitrogen functional groups attached to an aromatic ring is 1. The molecule has 1 aliphatic heterocycles. The molecule has 2 aromatic heterocycles. The van der Waals surface area contributed by atoms with Gasteiger partial charge in [-0.25, -0.2) is 0 Å². The first-order chi connectivity index (χ1) is 7.84. The second kappa shape index (κ2) is 3.88. The molecule has 84 valence electrons. The molecule has 2 N–H and O–H groups in total. The van der Waals surface area contributed by atoms with Gasteiger partial charge in [0.05, 0.1) is 5.69 Å². The van der Waals surface area contributed by atoms with Crippen LogP contribution in [0, 0.1) is 0 Å². The van der Waals surface area contributed by atoms with Crippen molar-refractivity contribution in [1.29, 1.82) is 0 Å². The lowest BCUT2D eigenvalue weighted by molar-refractivity contribution is 0.103. The second-order valence-corrected chi connectivity index (χ2v) is 4.58. The fourth-order valence-corrected chi connectivity index (χ4v) is 2.47. The Hall–Kier alpha value is -1.40. The highest BCUT2D eigenvalue weighted by Gasteiger charge is 2.24. The largest absolute Gasteiger partial charge is 0.397 e. The molecule has 0 saturated carbocycles. The van der Waals surface area contributed by atoms with Crippen molar-refractivity contribution in [2.45, 2.75) is 18.9 Å². The minimum Gasteiger partial charge on any atom is -0.397 e. The molecule has 0 amide bonds. The molecule has 1 unspecified atom stereocenters. The zero-order valence-corrected chi connectivity index (χ0v) is 9.37. The van der Waals surface area contributed by atoms with Gasteiger partial charge in [0, 0.05) is 6.61 Å². The van der Waals surface area contributed by atoms with E-state index in [2.05, 4.69) is 10.1 Å². The standard InChI is InChI=1S/C10H11N3O2S/c11-6-3-5-16-8(6)10-12-9(13-15-10)7-2-1-4-14-7/h3,5,7H,1-2,4,11H2. The van der Waals surface area contributed by atoms with Gasteiger partial charge in [0.25, 0.3) is 5.89 Å². The van der Waals surface area contributed by atoms with Crippen LogP contribution in [-0.2, 0) is 4.74 Å². The Morgan fingerprint density at radius 2 is 2.44 bits per heavy atom. The minimum atomic E-state index is -0.0151. The van der Waals surface area contributed by atoms with Crippen molar-refractivity contribution in [2.24, 2.45) is 0 Å². The van der Waals surface area contributed by atoms with Crippen LogP contribution in [0.2, 0.25) is 0 Å².